The van der Waals surface area contributed by atoms with Gasteiger partial charge in [-0.05, 0) is 37.0 Å². The highest BCUT2D eigenvalue weighted by Crippen LogP contribution is 2.20. The summed E-state index contributed by atoms with van der Waals surface area (Å²) in [6.45, 7) is 2.66. The number of aromatic nitrogens is 2. The second-order valence-electron chi connectivity index (χ2n) is 3.11. The van der Waals surface area contributed by atoms with Gasteiger partial charge >= 0.3 is 0 Å². The van der Waals surface area contributed by atoms with Crippen molar-refractivity contribution in [3.63, 3.8) is 0 Å². The maximum atomic E-state index is 5.81. The molecule has 0 bridgehead atoms. The van der Waals surface area contributed by atoms with Crippen LogP contribution in [0.4, 0.5) is 11.5 Å². The first-order chi connectivity index (χ1) is 7.15. The molecule has 0 saturated heterocycles. The van der Waals surface area contributed by atoms with E-state index in [4.69, 9.17) is 17.3 Å². The zero-order valence-corrected chi connectivity index (χ0v) is 10.5. The third kappa shape index (κ3) is 3.76. The van der Waals surface area contributed by atoms with Gasteiger partial charge in [0.05, 0.1) is 11.4 Å². The van der Waals surface area contributed by atoms with Crippen molar-refractivity contribution in [2.75, 3.05) is 29.6 Å². The van der Waals surface area contributed by atoms with E-state index in [9.17, 15) is 0 Å². The molecule has 0 aliphatic carbocycles. The van der Waals surface area contributed by atoms with Crippen LogP contribution in [0, 0.1) is 6.92 Å². The van der Waals surface area contributed by atoms with E-state index in [1.54, 1.807) is 0 Å². The molecule has 0 aliphatic rings. The molecule has 0 saturated carbocycles. The van der Waals surface area contributed by atoms with Crippen molar-refractivity contribution in [2.45, 2.75) is 13.3 Å². The predicted molar refractivity (Wildman–Crippen MR) is 67.7 cm³/mol. The number of nitrogens with zero attached hydrogens (tertiary/aromatic N) is 2. The zero-order valence-electron chi connectivity index (χ0n) is 8.88. The number of aryl methyl sites for hydroxylation is 1. The zero-order chi connectivity index (χ0) is 11.3. The molecule has 0 aliphatic heterocycles. The molecular formula is C9H15ClN4S. The van der Waals surface area contributed by atoms with E-state index in [1.165, 1.54) is 0 Å². The first-order valence-corrected chi connectivity index (χ1v) is 6.44. The minimum Gasteiger partial charge on any atom is -0.394 e. The third-order valence-corrected chi connectivity index (χ3v) is 2.79. The summed E-state index contributed by atoms with van der Waals surface area (Å²) in [5, 5.41) is 3.39. The van der Waals surface area contributed by atoms with Gasteiger partial charge < -0.3 is 11.1 Å². The standard InChI is InChI=1S/C9H15ClN4S/c1-6-7(11)8(14-9(10)13-6)12-4-3-5-15-2/h3-5,11H2,1-2H3,(H,12,13,14). The number of nitrogens with one attached hydrogen (secondary N) is 1. The summed E-state index contributed by atoms with van der Waals surface area (Å²) < 4.78 is 0. The summed E-state index contributed by atoms with van der Waals surface area (Å²) in [5.41, 5.74) is 7.10. The molecule has 1 aromatic heterocycles. The smallest absolute Gasteiger partial charge is 0.224 e. The van der Waals surface area contributed by atoms with Gasteiger partial charge in [0.1, 0.15) is 0 Å². The first kappa shape index (κ1) is 12.4. The second kappa shape index (κ2) is 6.02. The maximum Gasteiger partial charge on any atom is 0.224 e. The van der Waals surface area contributed by atoms with E-state index >= 15 is 0 Å². The molecule has 6 heteroatoms. The molecule has 0 fully saturated rings. The Kier molecular flexibility index (Phi) is 4.98. The van der Waals surface area contributed by atoms with Crippen LogP contribution in [0.1, 0.15) is 12.1 Å². The lowest BCUT2D eigenvalue weighted by molar-refractivity contribution is 0.974. The molecule has 4 nitrogen and oxygen atoms in total. The van der Waals surface area contributed by atoms with Crippen molar-refractivity contribution < 1.29 is 0 Å². The van der Waals surface area contributed by atoms with Gasteiger partial charge in [0.25, 0.3) is 0 Å². The predicted octanol–water partition coefficient (Wildman–Crippen LogP) is 2.19. The Balaban J connectivity index is 2.60. The van der Waals surface area contributed by atoms with Crippen LogP contribution in [0.15, 0.2) is 0 Å². The number of nitrogen functional groups attached to an aromatic ring is 1. The molecule has 0 atom stereocenters. The van der Waals surface area contributed by atoms with Gasteiger partial charge in [-0.3, -0.25) is 0 Å². The summed E-state index contributed by atoms with van der Waals surface area (Å²) in [4.78, 5) is 8.01. The molecule has 1 rings (SSSR count). The molecule has 0 radical (unpaired) electrons. The maximum absolute atomic E-state index is 5.81. The summed E-state index contributed by atoms with van der Waals surface area (Å²) in [5.74, 6) is 1.75. The van der Waals surface area contributed by atoms with Crippen LogP contribution in [-0.2, 0) is 0 Å². The van der Waals surface area contributed by atoms with E-state index in [0.29, 0.717) is 17.2 Å². The first-order valence-electron chi connectivity index (χ1n) is 4.67. The third-order valence-electron chi connectivity index (χ3n) is 1.93. The molecule has 0 unspecified atom stereocenters. The van der Waals surface area contributed by atoms with Crippen LogP contribution in [0.2, 0.25) is 5.28 Å². The molecule has 1 aromatic rings. The Labute approximate surface area is 99.0 Å². The largest absolute Gasteiger partial charge is 0.394 e. The number of nitrogens with two attached hydrogens (primary N) is 1. The van der Waals surface area contributed by atoms with Gasteiger partial charge in [0.2, 0.25) is 5.28 Å². The van der Waals surface area contributed by atoms with Crippen molar-refractivity contribution in [1.82, 2.24) is 9.97 Å². The Morgan fingerprint density at radius 2 is 2.20 bits per heavy atom. The second-order valence-corrected chi connectivity index (χ2v) is 4.44. The van der Waals surface area contributed by atoms with Crippen LogP contribution < -0.4 is 11.1 Å². The van der Waals surface area contributed by atoms with E-state index in [-0.39, 0.29) is 5.28 Å². The van der Waals surface area contributed by atoms with Crippen LogP contribution >= 0.6 is 23.4 Å². The van der Waals surface area contributed by atoms with Gasteiger partial charge in [-0.1, -0.05) is 0 Å². The fourth-order valence-corrected chi connectivity index (χ4v) is 1.75. The van der Waals surface area contributed by atoms with Gasteiger partial charge in [-0.25, -0.2) is 4.98 Å². The lowest BCUT2D eigenvalue weighted by Crippen LogP contribution is -2.09. The number of anilines is 2. The molecule has 0 spiro atoms. The van der Waals surface area contributed by atoms with Crippen LogP contribution in [0.25, 0.3) is 0 Å². The molecule has 84 valence electrons. The Bertz CT molecular complexity index is 332. The molecule has 1 heterocycles. The van der Waals surface area contributed by atoms with E-state index in [1.807, 2.05) is 18.7 Å². The van der Waals surface area contributed by atoms with Crippen molar-refractivity contribution in [1.29, 1.82) is 0 Å². The summed E-state index contributed by atoms with van der Waals surface area (Å²) in [6, 6.07) is 0. The molecule has 0 amide bonds. The Morgan fingerprint density at radius 1 is 1.47 bits per heavy atom. The van der Waals surface area contributed by atoms with Crippen LogP contribution in [-0.4, -0.2) is 28.5 Å². The normalized spacial score (nSPS) is 10.3. The molecule has 0 aromatic carbocycles. The topological polar surface area (TPSA) is 63.8 Å². The number of rotatable bonds is 5. The monoisotopic (exact) mass is 246 g/mol. The molecular weight excluding hydrogens is 232 g/mol. The summed E-state index contributed by atoms with van der Waals surface area (Å²) in [7, 11) is 0. The van der Waals surface area contributed by atoms with Crippen molar-refractivity contribution in [3.05, 3.63) is 11.0 Å². The summed E-state index contributed by atoms with van der Waals surface area (Å²) in [6.07, 6.45) is 3.15. The number of thioether (sulfide) groups is 1. The Hall–Kier alpha value is -0.680. The minimum atomic E-state index is 0.231. The van der Waals surface area contributed by atoms with E-state index in [0.717, 1.165) is 18.7 Å². The SMILES string of the molecule is CSCCCNc1nc(Cl)nc(C)c1N. The molecule has 15 heavy (non-hydrogen) atoms. The lowest BCUT2D eigenvalue weighted by atomic mass is 10.3. The fraction of sp³-hybridized carbons (Fsp3) is 0.556. The van der Waals surface area contributed by atoms with E-state index in [2.05, 4.69) is 21.5 Å². The fourth-order valence-electron chi connectivity index (χ4n) is 1.11. The van der Waals surface area contributed by atoms with Crippen molar-refractivity contribution in [3.8, 4) is 0 Å². The lowest BCUT2D eigenvalue weighted by Gasteiger charge is -2.09. The quantitative estimate of drug-likeness (QED) is 0.616. The van der Waals surface area contributed by atoms with Crippen molar-refractivity contribution in [2.24, 2.45) is 0 Å². The number of halogens is 1. The van der Waals surface area contributed by atoms with Gasteiger partial charge in [0, 0.05) is 6.54 Å². The highest BCUT2D eigenvalue weighted by atomic mass is 35.5. The summed E-state index contributed by atoms with van der Waals surface area (Å²) >= 11 is 7.56. The average molecular weight is 247 g/mol. The van der Waals surface area contributed by atoms with Gasteiger partial charge in [-0.2, -0.15) is 16.7 Å². The van der Waals surface area contributed by atoms with Crippen LogP contribution in [0.3, 0.4) is 0 Å². The highest BCUT2D eigenvalue weighted by molar-refractivity contribution is 7.98. The van der Waals surface area contributed by atoms with Gasteiger partial charge in [0.15, 0.2) is 5.82 Å². The average Bonchev–Trinajstić information content (AvgIpc) is 2.19. The highest BCUT2D eigenvalue weighted by Gasteiger charge is 2.06. The van der Waals surface area contributed by atoms with E-state index < -0.39 is 0 Å². The minimum absolute atomic E-state index is 0.231. The van der Waals surface area contributed by atoms with Gasteiger partial charge in [-0.15, -0.1) is 0 Å². The Morgan fingerprint density at radius 3 is 2.87 bits per heavy atom. The number of hydrogen-bond donors (Lipinski definition) is 2. The number of hydrogen-bond acceptors (Lipinski definition) is 5. The molecule has 3 N–H and O–H groups in total. The van der Waals surface area contributed by atoms with Crippen LogP contribution in [0.5, 0.6) is 0 Å². The van der Waals surface area contributed by atoms with Crippen molar-refractivity contribution >= 4 is 34.9 Å².